The fourth-order valence-electron chi connectivity index (χ4n) is 2.12. The number of piperazine rings is 1. The summed E-state index contributed by atoms with van der Waals surface area (Å²) in [5, 5.41) is 1.00. The van der Waals surface area contributed by atoms with E-state index in [2.05, 4.69) is 28.9 Å². The third-order valence-electron chi connectivity index (χ3n) is 3.33. The zero-order chi connectivity index (χ0) is 13.3. The van der Waals surface area contributed by atoms with Crippen molar-refractivity contribution in [2.24, 2.45) is 0 Å². The van der Waals surface area contributed by atoms with Crippen molar-refractivity contribution in [3.05, 3.63) is 15.6 Å². The predicted octanol–water partition coefficient (Wildman–Crippen LogP) is 1.16. The number of esters is 1. The molecule has 1 aromatic rings. The topological polar surface area (TPSA) is 45.7 Å². The number of nitrogens with zero attached hydrogens (tertiary/aromatic N) is 3. The highest BCUT2D eigenvalue weighted by Gasteiger charge is 2.28. The van der Waals surface area contributed by atoms with Gasteiger partial charge in [-0.1, -0.05) is 0 Å². The molecule has 0 bridgehead atoms. The number of aromatic nitrogens is 1. The van der Waals surface area contributed by atoms with Gasteiger partial charge in [0.05, 0.1) is 13.2 Å². The molecule has 1 saturated heterocycles. The Kier molecular flexibility index (Phi) is 3.99. The highest BCUT2D eigenvalue weighted by molar-refractivity contribution is 7.12. The lowest BCUT2D eigenvalue weighted by Gasteiger charge is -2.36. The van der Waals surface area contributed by atoms with Crippen LogP contribution < -0.4 is 0 Å². The van der Waals surface area contributed by atoms with Gasteiger partial charge in [0.25, 0.3) is 0 Å². The second kappa shape index (κ2) is 5.34. The van der Waals surface area contributed by atoms with Crippen molar-refractivity contribution >= 4 is 17.3 Å². The molecule has 1 aliphatic heterocycles. The normalized spacial score (nSPS) is 22.1. The van der Waals surface area contributed by atoms with Crippen LogP contribution in [0.15, 0.2) is 0 Å². The van der Waals surface area contributed by atoms with Crippen LogP contribution in [0.1, 0.15) is 26.4 Å². The van der Waals surface area contributed by atoms with E-state index in [1.54, 1.807) is 11.3 Å². The maximum atomic E-state index is 11.6. The Morgan fingerprint density at radius 1 is 1.44 bits per heavy atom. The minimum Gasteiger partial charge on any atom is -0.464 e. The molecule has 0 N–H and O–H groups in total. The maximum Gasteiger partial charge on any atom is 0.357 e. The standard InChI is InChI=1S/C12H19N3O2S/c1-8-10(12(16)17-4)13-11(18-8)9-7-14(2)5-6-15(9)3/h9H,5-7H2,1-4H3. The summed E-state index contributed by atoms with van der Waals surface area (Å²) in [6.07, 6.45) is 0. The first-order valence-electron chi connectivity index (χ1n) is 5.97. The van der Waals surface area contributed by atoms with Gasteiger partial charge in [-0.25, -0.2) is 9.78 Å². The van der Waals surface area contributed by atoms with Crippen LogP contribution in [0.2, 0.25) is 0 Å². The molecule has 6 heteroatoms. The first-order valence-corrected chi connectivity index (χ1v) is 6.79. The largest absolute Gasteiger partial charge is 0.464 e. The molecule has 1 atom stereocenters. The highest BCUT2D eigenvalue weighted by Crippen LogP contribution is 2.29. The second-order valence-corrected chi connectivity index (χ2v) is 5.94. The lowest BCUT2D eigenvalue weighted by Crippen LogP contribution is -2.44. The van der Waals surface area contributed by atoms with Crippen LogP contribution in [-0.2, 0) is 4.74 Å². The fraction of sp³-hybridized carbons (Fsp3) is 0.667. The van der Waals surface area contributed by atoms with Gasteiger partial charge in [-0.05, 0) is 21.0 Å². The molecule has 5 nitrogen and oxygen atoms in total. The molecule has 0 aromatic carbocycles. The highest BCUT2D eigenvalue weighted by atomic mass is 32.1. The summed E-state index contributed by atoms with van der Waals surface area (Å²) < 4.78 is 4.75. The van der Waals surface area contributed by atoms with Crippen molar-refractivity contribution < 1.29 is 9.53 Å². The summed E-state index contributed by atoms with van der Waals surface area (Å²) >= 11 is 1.59. The van der Waals surface area contributed by atoms with Crippen LogP contribution in [0.3, 0.4) is 0 Å². The quantitative estimate of drug-likeness (QED) is 0.754. The zero-order valence-corrected chi connectivity index (χ0v) is 12.1. The molecule has 2 heterocycles. The Morgan fingerprint density at radius 2 is 2.17 bits per heavy atom. The summed E-state index contributed by atoms with van der Waals surface area (Å²) in [6, 6.07) is 0.269. The van der Waals surface area contributed by atoms with Gasteiger partial charge in [0.15, 0.2) is 5.69 Å². The van der Waals surface area contributed by atoms with E-state index in [-0.39, 0.29) is 12.0 Å². The first-order chi connectivity index (χ1) is 8.52. The number of likely N-dealkylation sites (N-methyl/N-ethyl adjacent to an activating group) is 2. The Balaban J connectivity index is 2.25. The summed E-state index contributed by atoms with van der Waals surface area (Å²) in [7, 11) is 5.61. The Bertz CT molecular complexity index is 447. The Hall–Kier alpha value is -0.980. The Labute approximate surface area is 111 Å². The van der Waals surface area contributed by atoms with E-state index in [1.807, 2.05) is 6.92 Å². The van der Waals surface area contributed by atoms with Gasteiger partial charge in [0.2, 0.25) is 0 Å². The molecular weight excluding hydrogens is 250 g/mol. The lowest BCUT2D eigenvalue weighted by molar-refractivity contribution is 0.0593. The first kappa shape index (κ1) is 13.5. The van der Waals surface area contributed by atoms with E-state index in [9.17, 15) is 4.79 Å². The van der Waals surface area contributed by atoms with Crippen molar-refractivity contribution in [1.82, 2.24) is 14.8 Å². The van der Waals surface area contributed by atoms with E-state index < -0.39 is 0 Å². The van der Waals surface area contributed by atoms with Gasteiger partial charge in [0.1, 0.15) is 5.01 Å². The van der Waals surface area contributed by atoms with Crippen molar-refractivity contribution in [1.29, 1.82) is 0 Å². The number of carbonyl (C=O) groups is 1. The van der Waals surface area contributed by atoms with Gasteiger partial charge < -0.3 is 9.64 Å². The third kappa shape index (κ3) is 2.55. The molecule has 0 spiro atoms. The van der Waals surface area contributed by atoms with Gasteiger partial charge in [-0.15, -0.1) is 11.3 Å². The predicted molar refractivity (Wildman–Crippen MR) is 71.1 cm³/mol. The number of thiazole rings is 1. The second-order valence-electron chi connectivity index (χ2n) is 4.71. The lowest BCUT2D eigenvalue weighted by atomic mass is 10.2. The molecule has 1 aliphatic rings. The van der Waals surface area contributed by atoms with Crippen molar-refractivity contribution in [3.63, 3.8) is 0 Å². The summed E-state index contributed by atoms with van der Waals surface area (Å²) in [5.41, 5.74) is 0.458. The summed E-state index contributed by atoms with van der Waals surface area (Å²) in [4.78, 5) is 21.5. The van der Waals surface area contributed by atoms with E-state index in [4.69, 9.17) is 4.74 Å². The van der Waals surface area contributed by atoms with E-state index >= 15 is 0 Å². The maximum absolute atomic E-state index is 11.6. The minimum atomic E-state index is -0.346. The summed E-state index contributed by atoms with van der Waals surface area (Å²) in [6.45, 7) is 4.96. The van der Waals surface area contributed by atoms with Gasteiger partial charge in [-0.3, -0.25) is 4.90 Å². The number of carbonyl (C=O) groups excluding carboxylic acids is 1. The van der Waals surface area contributed by atoms with Crippen molar-refractivity contribution in [2.45, 2.75) is 13.0 Å². The van der Waals surface area contributed by atoms with E-state index in [1.165, 1.54) is 7.11 Å². The van der Waals surface area contributed by atoms with Crippen molar-refractivity contribution in [3.8, 4) is 0 Å². The van der Waals surface area contributed by atoms with Crippen molar-refractivity contribution in [2.75, 3.05) is 40.8 Å². The SMILES string of the molecule is COC(=O)c1nc(C2CN(C)CCN2C)sc1C. The number of ether oxygens (including phenoxy) is 1. The molecule has 1 fully saturated rings. The van der Waals surface area contributed by atoms with E-state index in [0.717, 1.165) is 29.5 Å². The number of hydrogen-bond donors (Lipinski definition) is 0. The molecule has 1 aromatic heterocycles. The smallest absolute Gasteiger partial charge is 0.357 e. The van der Waals surface area contributed by atoms with Crippen LogP contribution in [0, 0.1) is 6.92 Å². The van der Waals surface area contributed by atoms with Gasteiger partial charge in [0, 0.05) is 24.5 Å². The number of rotatable bonds is 2. The molecule has 0 radical (unpaired) electrons. The molecule has 2 rings (SSSR count). The molecular formula is C12H19N3O2S. The van der Waals surface area contributed by atoms with Gasteiger partial charge >= 0.3 is 5.97 Å². The molecule has 0 amide bonds. The third-order valence-corrected chi connectivity index (χ3v) is 4.40. The average Bonchev–Trinajstić information content (AvgIpc) is 2.73. The molecule has 0 saturated carbocycles. The van der Waals surface area contributed by atoms with E-state index in [0.29, 0.717) is 5.69 Å². The number of aryl methyl sites for hydroxylation is 1. The average molecular weight is 269 g/mol. The number of methoxy groups -OCH3 is 1. The molecule has 1 unspecified atom stereocenters. The van der Waals surface area contributed by atoms with Crippen LogP contribution in [0.5, 0.6) is 0 Å². The van der Waals surface area contributed by atoms with Crippen LogP contribution in [0.4, 0.5) is 0 Å². The van der Waals surface area contributed by atoms with Crippen LogP contribution in [0.25, 0.3) is 0 Å². The molecule has 100 valence electrons. The monoisotopic (exact) mass is 269 g/mol. The van der Waals surface area contributed by atoms with Crippen LogP contribution in [-0.4, -0.2) is 61.6 Å². The minimum absolute atomic E-state index is 0.269. The molecule has 0 aliphatic carbocycles. The van der Waals surface area contributed by atoms with Crippen LogP contribution >= 0.6 is 11.3 Å². The summed E-state index contributed by atoms with van der Waals surface area (Å²) in [5.74, 6) is -0.346. The number of hydrogen-bond acceptors (Lipinski definition) is 6. The zero-order valence-electron chi connectivity index (χ0n) is 11.3. The molecule has 18 heavy (non-hydrogen) atoms. The fourth-order valence-corrected chi connectivity index (χ4v) is 3.19. The van der Waals surface area contributed by atoms with Gasteiger partial charge in [-0.2, -0.15) is 0 Å². The Morgan fingerprint density at radius 3 is 2.83 bits per heavy atom.